The quantitative estimate of drug-likeness (QED) is 0.295. The van der Waals surface area contributed by atoms with Gasteiger partial charge in [-0.1, -0.05) is 37.3 Å². The van der Waals surface area contributed by atoms with Gasteiger partial charge < -0.3 is 19.7 Å². The van der Waals surface area contributed by atoms with Crippen molar-refractivity contribution in [3.8, 4) is 11.5 Å². The van der Waals surface area contributed by atoms with Gasteiger partial charge >= 0.3 is 0 Å². The first-order chi connectivity index (χ1) is 18.5. The molecule has 1 fully saturated rings. The second-order valence-corrected chi connectivity index (χ2v) is 9.62. The van der Waals surface area contributed by atoms with Gasteiger partial charge in [0.05, 0.1) is 41.0 Å². The molecule has 0 spiro atoms. The zero-order valence-electron chi connectivity index (χ0n) is 21.0. The molecule has 6 rings (SSSR count). The van der Waals surface area contributed by atoms with Crippen LogP contribution < -0.4 is 14.8 Å². The molecule has 1 aromatic heterocycles. The molecule has 0 unspecified atom stereocenters. The first kappa shape index (κ1) is 23.7. The third-order valence-corrected chi connectivity index (χ3v) is 6.98. The molecule has 4 aromatic rings. The van der Waals surface area contributed by atoms with E-state index in [2.05, 4.69) is 17.2 Å². The van der Waals surface area contributed by atoms with Crippen LogP contribution in [0, 0.1) is 5.92 Å². The van der Waals surface area contributed by atoms with Crippen molar-refractivity contribution in [1.82, 2.24) is 15.2 Å². The minimum Gasteiger partial charge on any atom is -0.493 e. The number of carbonyl (C=O) groups excluding carboxylic acids is 2. The molecule has 0 aliphatic carbocycles. The van der Waals surface area contributed by atoms with Crippen molar-refractivity contribution in [2.45, 2.75) is 19.4 Å². The highest BCUT2D eigenvalue weighted by atomic mass is 16.5. The number of aliphatic imine (C=N–C) groups is 1. The molecule has 3 aromatic carbocycles. The van der Waals surface area contributed by atoms with Gasteiger partial charge in [-0.05, 0) is 36.6 Å². The molecule has 2 aliphatic heterocycles. The van der Waals surface area contributed by atoms with E-state index in [-0.39, 0.29) is 17.9 Å². The standard InChI is InChI=1S/C30H26N4O4/c1-18-12-21-16-32-25-15-27(26(37-2)14-23(25)30(36)34(21)17-18)38-11-10-31-29(35)22-8-5-7-20-13-19-6-3-4-9-24(19)33-28(20)22/h3-11,13-16,18,21H,12,17H2,1-2H3,(H,31,35)/b11-10+/t18-,21+/m1/s1. The number of hydrogen-bond acceptors (Lipinski definition) is 6. The number of carbonyl (C=O) groups is 2. The summed E-state index contributed by atoms with van der Waals surface area (Å²) in [6.45, 7) is 2.85. The van der Waals surface area contributed by atoms with E-state index in [1.165, 1.54) is 19.6 Å². The van der Waals surface area contributed by atoms with Crippen molar-refractivity contribution in [1.29, 1.82) is 0 Å². The number of hydrogen-bond donors (Lipinski definition) is 1. The van der Waals surface area contributed by atoms with Crippen LogP contribution in [0.3, 0.4) is 0 Å². The fourth-order valence-corrected chi connectivity index (χ4v) is 5.14. The number of nitrogens with one attached hydrogen (secondary N) is 1. The zero-order valence-corrected chi connectivity index (χ0v) is 21.0. The van der Waals surface area contributed by atoms with Gasteiger partial charge in [0, 0.05) is 35.8 Å². The largest absolute Gasteiger partial charge is 0.493 e. The van der Waals surface area contributed by atoms with E-state index in [0.717, 1.165) is 22.7 Å². The Labute approximate surface area is 219 Å². The van der Waals surface area contributed by atoms with Crippen LogP contribution in [0.1, 0.15) is 34.1 Å². The van der Waals surface area contributed by atoms with Gasteiger partial charge in [0.25, 0.3) is 11.8 Å². The van der Waals surface area contributed by atoms with Gasteiger partial charge in [0.15, 0.2) is 11.5 Å². The number of methoxy groups -OCH3 is 1. The third kappa shape index (κ3) is 4.24. The van der Waals surface area contributed by atoms with Crippen molar-refractivity contribution in [2.75, 3.05) is 13.7 Å². The van der Waals surface area contributed by atoms with Gasteiger partial charge in [-0.15, -0.1) is 0 Å². The Bertz CT molecular complexity index is 1640. The summed E-state index contributed by atoms with van der Waals surface area (Å²) < 4.78 is 11.3. The summed E-state index contributed by atoms with van der Waals surface area (Å²) in [7, 11) is 1.52. The van der Waals surface area contributed by atoms with Crippen molar-refractivity contribution in [3.05, 3.63) is 84.3 Å². The number of aromatic nitrogens is 1. The Morgan fingerprint density at radius 2 is 1.92 bits per heavy atom. The second kappa shape index (κ2) is 9.63. The molecule has 1 N–H and O–H groups in total. The van der Waals surface area contributed by atoms with E-state index in [1.54, 1.807) is 18.2 Å². The van der Waals surface area contributed by atoms with Crippen LogP contribution in [-0.2, 0) is 0 Å². The van der Waals surface area contributed by atoms with Crippen LogP contribution >= 0.6 is 0 Å². The van der Waals surface area contributed by atoms with Crippen molar-refractivity contribution in [3.63, 3.8) is 0 Å². The van der Waals surface area contributed by atoms with Crippen LogP contribution in [0.4, 0.5) is 5.69 Å². The molecule has 190 valence electrons. The molecule has 0 radical (unpaired) electrons. The van der Waals surface area contributed by atoms with Crippen LogP contribution in [0.15, 0.2) is 78.1 Å². The maximum atomic E-state index is 13.2. The van der Waals surface area contributed by atoms with E-state index >= 15 is 0 Å². The van der Waals surface area contributed by atoms with Gasteiger partial charge in [0.2, 0.25) is 0 Å². The molecule has 8 heteroatoms. The fourth-order valence-electron chi connectivity index (χ4n) is 5.14. The molecule has 2 atom stereocenters. The number of benzene rings is 3. The highest BCUT2D eigenvalue weighted by Crippen LogP contribution is 2.38. The summed E-state index contributed by atoms with van der Waals surface area (Å²) in [5.41, 5.74) is 2.92. The van der Waals surface area contributed by atoms with Gasteiger partial charge in [-0.3, -0.25) is 14.6 Å². The molecule has 0 saturated carbocycles. The van der Waals surface area contributed by atoms with E-state index in [0.29, 0.717) is 46.3 Å². The number of nitrogens with zero attached hydrogens (tertiary/aromatic N) is 3. The van der Waals surface area contributed by atoms with E-state index in [4.69, 9.17) is 14.5 Å². The Morgan fingerprint density at radius 1 is 1.08 bits per heavy atom. The van der Waals surface area contributed by atoms with Crippen LogP contribution in [0.25, 0.3) is 21.8 Å². The predicted octanol–water partition coefficient (Wildman–Crippen LogP) is 5.24. The Hall–Kier alpha value is -4.72. The van der Waals surface area contributed by atoms with Gasteiger partial charge in [-0.2, -0.15) is 0 Å². The third-order valence-electron chi connectivity index (χ3n) is 6.98. The average Bonchev–Trinajstić information content (AvgIpc) is 3.27. The van der Waals surface area contributed by atoms with E-state index in [9.17, 15) is 9.59 Å². The number of fused-ring (bicyclic) bond motifs is 4. The highest BCUT2D eigenvalue weighted by molar-refractivity contribution is 6.08. The van der Waals surface area contributed by atoms with Gasteiger partial charge in [-0.25, -0.2) is 4.98 Å². The molecule has 2 amide bonds. The maximum Gasteiger partial charge on any atom is 0.257 e. The highest BCUT2D eigenvalue weighted by Gasteiger charge is 2.35. The number of para-hydroxylation sites is 2. The fraction of sp³-hybridized carbons (Fsp3) is 0.200. The van der Waals surface area contributed by atoms with Crippen molar-refractivity contribution >= 4 is 45.5 Å². The normalized spacial score (nSPS) is 18.5. The molecule has 8 nitrogen and oxygen atoms in total. The molecular weight excluding hydrogens is 480 g/mol. The van der Waals surface area contributed by atoms with Crippen LogP contribution in [0.2, 0.25) is 0 Å². The zero-order chi connectivity index (χ0) is 26.2. The summed E-state index contributed by atoms with van der Waals surface area (Å²) in [4.78, 5) is 37.3. The predicted molar refractivity (Wildman–Crippen MR) is 146 cm³/mol. The molecule has 1 saturated heterocycles. The summed E-state index contributed by atoms with van der Waals surface area (Å²) in [6.07, 6.45) is 5.51. The number of pyridine rings is 1. The first-order valence-corrected chi connectivity index (χ1v) is 12.5. The minimum absolute atomic E-state index is 0.00285. The smallest absolute Gasteiger partial charge is 0.257 e. The van der Waals surface area contributed by atoms with Crippen LogP contribution in [0.5, 0.6) is 11.5 Å². The lowest BCUT2D eigenvalue weighted by Crippen LogP contribution is -2.35. The molecule has 0 bridgehead atoms. The Morgan fingerprint density at radius 3 is 2.79 bits per heavy atom. The second-order valence-electron chi connectivity index (χ2n) is 9.62. The summed E-state index contributed by atoms with van der Waals surface area (Å²) in [6, 6.07) is 18.7. The summed E-state index contributed by atoms with van der Waals surface area (Å²) >= 11 is 0. The first-order valence-electron chi connectivity index (χ1n) is 12.5. The maximum absolute atomic E-state index is 13.2. The lowest BCUT2D eigenvalue weighted by Gasteiger charge is -2.20. The lowest BCUT2D eigenvalue weighted by atomic mass is 10.1. The SMILES string of the molecule is COc1cc2c(cc1O/C=C/NC(=O)c1cccc3cc4ccccc4nc13)N=C[C@@H]1C[C@@H](C)CN1C2=O. The van der Waals surface area contributed by atoms with E-state index < -0.39 is 0 Å². The Kier molecular flexibility index (Phi) is 5.99. The average molecular weight is 507 g/mol. The lowest BCUT2D eigenvalue weighted by molar-refractivity contribution is 0.0770. The minimum atomic E-state index is -0.308. The van der Waals surface area contributed by atoms with Crippen LogP contribution in [-0.4, -0.2) is 47.6 Å². The molecule has 2 aliphatic rings. The monoisotopic (exact) mass is 506 g/mol. The number of ether oxygens (including phenoxy) is 2. The van der Waals surface area contributed by atoms with E-state index in [1.807, 2.05) is 53.6 Å². The molecular formula is C30H26N4O4. The summed E-state index contributed by atoms with van der Waals surface area (Å²) in [5, 5.41) is 4.64. The topological polar surface area (TPSA) is 93.1 Å². The molecule has 38 heavy (non-hydrogen) atoms. The summed E-state index contributed by atoms with van der Waals surface area (Å²) in [5.74, 6) is 0.855. The molecule has 3 heterocycles. The number of amides is 2. The van der Waals surface area contributed by atoms with Crippen molar-refractivity contribution in [2.24, 2.45) is 10.9 Å². The number of rotatable bonds is 5. The van der Waals surface area contributed by atoms with Gasteiger partial charge in [0.1, 0.15) is 6.26 Å². The van der Waals surface area contributed by atoms with Crippen molar-refractivity contribution < 1.29 is 19.1 Å². The Balaban J connectivity index is 1.21.